The second-order valence-electron chi connectivity index (χ2n) is 8.98. The molecule has 0 fully saturated rings. The number of nitrogens with one attached hydrogen (secondary N) is 1. The Morgan fingerprint density at radius 2 is 1.76 bits per heavy atom. The molecule has 0 spiro atoms. The van der Waals surface area contributed by atoms with Crippen molar-refractivity contribution in [2.45, 2.75) is 25.4 Å². The molecule has 0 unspecified atom stereocenters. The van der Waals surface area contributed by atoms with E-state index in [4.69, 9.17) is 28.9 Å². The number of carboxylic acid groups (broad SMARTS) is 1. The number of hydrogen-bond acceptors (Lipinski definition) is 5. The van der Waals surface area contributed by atoms with Crippen molar-refractivity contribution in [2.24, 2.45) is 5.73 Å². The molecule has 4 rings (SSSR count). The third-order valence-corrected chi connectivity index (χ3v) is 6.97. The van der Waals surface area contributed by atoms with Crippen molar-refractivity contribution in [3.8, 4) is 0 Å². The maximum atomic E-state index is 12.6. The van der Waals surface area contributed by atoms with E-state index in [-0.39, 0.29) is 22.0 Å². The lowest BCUT2D eigenvalue weighted by atomic mass is 9.99. The van der Waals surface area contributed by atoms with Crippen molar-refractivity contribution in [1.82, 2.24) is 15.2 Å². The number of pyridine rings is 1. The van der Waals surface area contributed by atoms with Crippen LogP contribution in [0.1, 0.15) is 44.0 Å². The third kappa shape index (κ3) is 6.77. The minimum absolute atomic E-state index is 0.00476. The topological polar surface area (TPSA) is 126 Å². The quantitative estimate of drug-likeness (QED) is 0.365. The number of benzene rings is 2. The van der Waals surface area contributed by atoms with E-state index < -0.39 is 23.8 Å². The Morgan fingerprint density at radius 1 is 1.05 bits per heavy atom. The molecule has 1 aromatic heterocycles. The van der Waals surface area contributed by atoms with Crippen molar-refractivity contribution in [2.75, 3.05) is 13.1 Å². The second kappa shape index (κ2) is 12.2. The first kappa shape index (κ1) is 27.3. The predicted molar refractivity (Wildman–Crippen MR) is 146 cm³/mol. The largest absolute Gasteiger partial charge is 0.480 e. The molecular formula is C28H26Cl2N4O4. The van der Waals surface area contributed by atoms with Crippen LogP contribution in [-0.4, -0.2) is 51.9 Å². The van der Waals surface area contributed by atoms with Gasteiger partial charge in [-0.15, -0.1) is 0 Å². The highest BCUT2D eigenvalue weighted by molar-refractivity contribution is 6.39. The van der Waals surface area contributed by atoms with Gasteiger partial charge in [-0.1, -0.05) is 53.5 Å². The zero-order valence-electron chi connectivity index (χ0n) is 20.4. The molecule has 0 bridgehead atoms. The summed E-state index contributed by atoms with van der Waals surface area (Å²) in [5.41, 5.74) is 9.60. The van der Waals surface area contributed by atoms with Gasteiger partial charge in [0.25, 0.3) is 5.91 Å². The Hall–Kier alpha value is -3.72. The number of amides is 2. The van der Waals surface area contributed by atoms with E-state index in [2.05, 4.69) is 21.3 Å². The molecule has 1 atom stereocenters. The van der Waals surface area contributed by atoms with Crippen LogP contribution in [0.3, 0.4) is 0 Å². The third-order valence-electron chi connectivity index (χ3n) is 6.34. The second-order valence-corrected chi connectivity index (χ2v) is 9.79. The molecule has 0 aliphatic carbocycles. The molecule has 38 heavy (non-hydrogen) atoms. The predicted octanol–water partition coefficient (Wildman–Crippen LogP) is 4.20. The zero-order valence-corrected chi connectivity index (χ0v) is 21.9. The minimum atomic E-state index is -1.20. The van der Waals surface area contributed by atoms with Crippen LogP contribution in [0.5, 0.6) is 0 Å². The van der Waals surface area contributed by atoms with Gasteiger partial charge in [0.05, 0.1) is 15.6 Å². The van der Waals surface area contributed by atoms with Gasteiger partial charge in [0.15, 0.2) is 0 Å². The monoisotopic (exact) mass is 552 g/mol. The van der Waals surface area contributed by atoms with E-state index in [0.717, 1.165) is 37.2 Å². The summed E-state index contributed by atoms with van der Waals surface area (Å²) >= 11 is 12.2. The summed E-state index contributed by atoms with van der Waals surface area (Å²) in [4.78, 5) is 42.4. The van der Waals surface area contributed by atoms with Crippen molar-refractivity contribution in [3.05, 3.63) is 105 Å². The van der Waals surface area contributed by atoms with Crippen molar-refractivity contribution in [1.29, 1.82) is 0 Å². The van der Waals surface area contributed by atoms with Crippen molar-refractivity contribution in [3.63, 3.8) is 0 Å². The van der Waals surface area contributed by atoms with Gasteiger partial charge in [-0.25, -0.2) is 4.79 Å². The molecule has 0 radical (unpaired) electrons. The number of halogens is 2. The first-order chi connectivity index (χ1) is 18.2. The molecule has 4 N–H and O–H groups in total. The summed E-state index contributed by atoms with van der Waals surface area (Å²) < 4.78 is 0. The summed E-state index contributed by atoms with van der Waals surface area (Å²) in [6.45, 7) is 2.40. The fourth-order valence-electron chi connectivity index (χ4n) is 4.24. The number of carbonyl (C=O) groups excluding carboxylic acids is 2. The van der Waals surface area contributed by atoms with Crippen LogP contribution in [-0.2, 0) is 17.8 Å². The molecule has 2 amide bonds. The number of carbonyl (C=O) groups is 3. The maximum absolute atomic E-state index is 12.6. The van der Waals surface area contributed by atoms with Crippen LogP contribution < -0.4 is 11.1 Å². The molecule has 2 aromatic carbocycles. The van der Waals surface area contributed by atoms with Gasteiger partial charge in [0, 0.05) is 43.5 Å². The molecule has 3 aromatic rings. The average molecular weight is 553 g/mol. The number of nitrogens with zero attached hydrogens (tertiary/aromatic N) is 2. The summed E-state index contributed by atoms with van der Waals surface area (Å²) in [5, 5.41) is 12.4. The Bertz CT molecular complexity index is 1350. The molecule has 0 saturated heterocycles. The van der Waals surface area contributed by atoms with E-state index in [1.54, 1.807) is 30.5 Å². The number of hydrogen-bond donors (Lipinski definition) is 3. The number of carboxylic acids is 1. The summed E-state index contributed by atoms with van der Waals surface area (Å²) in [5.74, 6) is -2.29. The van der Waals surface area contributed by atoms with Crippen LogP contribution >= 0.6 is 23.2 Å². The van der Waals surface area contributed by atoms with Gasteiger partial charge in [0.2, 0.25) is 5.91 Å². The normalized spacial score (nSPS) is 14.4. The van der Waals surface area contributed by atoms with Crippen LogP contribution in [0.2, 0.25) is 10.0 Å². The first-order valence-electron chi connectivity index (χ1n) is 11.9. The van der Waals surface area contributed by atoms with E-state index in [1.165, 1.54) is 17.7 Å². The number of aromatic nitrogens is 1. The van der Waals surface area contributed by atoms with Gasteiger partial charge in [-0.2, -0.15) is 0 Å². The standard InChI is InChI=1S/C28H26Cl2N4O4/c29-22-2-1-3-23(30)25(22)27(36)33-24(28(37)38)14-21-9-8-20(15-32-21)18-10-12-34(13-11-18)16-17-4-6-19(7-5-17)26(31)35/h1-10,15,24H,11-14,16H2,(H2,31,35)(H,33,36)(H,37,38)/t24-/m0/s1. The van der Waals surface area contributed by atoms with Crippen LogP contribution in [0, 0.1) is 0 Å². The summed E-state index contributed by atoms with van der Waals surface area (Å²) in [7, 11) is 0. The number of nitrogens with two attached hydrogens (primary N) is 1. The number of aliphatic carboxylic acids is 1. The fourth-order valence-corrected chi connectivity index (χ4v) is 4.81. The van der Waals surface area contributed by atoms with Crippen LogP contribution in [0.25, 0.3) is 5.57 Å². The lowest BCUT2D eigenvalue weighted by molar-refractivity contribution is -0.139. The summed E-state index contributed by atoms with van der Waals surface area (Å²) in [6.07, 6.45) is 4.73. The van der Waals surface area contributed by atoms with Crippen LogP contribution in [0.4, 0.5) is 0 Å². The van der Waals surface area contributed by atoms with E-state index in [1.807, 2.05) is 18.2 Å². The average Bonchev–Trinajstić information content (AvgIpc) is 2.89. The molecular weight excluding hydrogens is 527 g/mol. The van der Waals surface area contributed by atoms with Crippen molar-refractivity contribution < 1.29 is 19.5 Å². The molecule has 0 saturated carbocycles. The molecule has 1 aliphatic rings. The van der Waals surface area contributed by atoms with Gasteiger partial charge in [0.1, 0.15) is 6.04 Å². The van der Waals surface area contributed by atoms with E-state index in [9.17, 15) is 19.5 Å². The smallest absolute Gasteiger partial charge is 0.326 e. The van der Waals surface area contributed by atoms with Gasteiger partial charge < -0.3 is 16.2 Å². The highest BCUT2D eigenvalue weighted by atomic mass is 35.5. The van der Waals surface area contributed by atoms with Gasteiger partial charge >= 0.3 is 5.97 Å². The molecule has 196 valence electrons. The Balaban J connectivity index is 1.35. The minimum Gasteiger partial charge on any atom is -0.480 e. The maximum Gasteiger partial charge on any atom is 0.326 e. The van der Waals surface area contributed by atoms with E-state index in [0.29, 0.717) is 11.3 Å². The molecule has 8 nitrogen and oxygen atoms in total. The number of rotatable bonds is 9. The zero-order chi connectivity index (χ0) is 27.2. The molecule has 1 aliphatic heterocycles. The first-order valence-corrected chi connectivity index (χ1v) is 12.7. The van der Waals surface area contributed by atoms with Crippen LogP contribution in [0.15, 0.2) is 66.9 Å². The van der Waals surface area contributed by atoms with Gasteiger partial charge in [-0.05, 0) is 53.5 Å². The highest BCUT2D eigenvalue weighted by Gasteiger charge is 2.24. The Morgan fingerprint density at radius 3 is 2.32 bits per heavy atom. The lowest BCUT2D eigenvalue weighted by Gasteiger charge is -2.26. The Labute approximate surface area is 230 Å². The summed E-state index contributed by atoms with van der Waals surface area (Å²) in [6, 6.07) is 14.4. The highest BCUT2D eigenvalue weighted by Crippen LogP contribution is 2.25. The fraction of sp³-hybridized carbons (Fsp3) is 0.214. The SMILES string of the molecule is NC(=O)c1ccc(CN2CC=C(c3ccc(C[C@H](NC(=O)c4c(Cl)cccc4Cl)C(=O)O)nc3)CC2)cc1. The van der Waals surface area contributed by atoms with Crippen molar-refractivity contribution >= 4 is 46.6 Å². The molecule has 10 heteroatoms. The van der Waals surface area contributed by atoms with Gasteiger partial charge in [-0.3, -0.25) is 19.5 Å². The number of primary amides is 1. The Kier molecular flexibility index (Phi) is 8.78. The van der Waals surface area contributed by atoms with E-state index >= 15 is 0 Å². The molecule has 2 heterocycles. The lowest BCUT2D eigenvalue weighted by Crippen LogP contribution is -2.42.